The molecular formula is C14H21NO2. The fourth-order valence-electron chi connectivity index (χ4n) is 2.00. The lowest BCUT2D eigenvalue weighted by molar-refractivity contribution is 0.0988. The number of ketones is 1. The highest BCUT2D eigenvalue weighted by atomic mass is 16.3. The zero-order valence-corrected chi connectivity index (χ0v) is 11.1. The molecule has 0 fully saturated rings. The molecule has 0 aromatic heterocycles. The van der Waals surface area contributed by atoms with E-state index < -0.39 is 0 Å². The summed E-state index contributed by atoms with van der Waals surface area (Å²) in [6.07, 6.45) is 0. The van der Waals surface area contributed by atoms with Crippen molar-refractivity contribution in [3.63, 3.8) is 0 Å². The summed E-state index contributed by atoms with van der Waals surface area (Å²) in [5, 5.41) is 11.6. The van der Waals surface area contributed by atoms with Crippen LogP contribution in [0.25, 0.3) is 0 Å². The van der Waals surface area contributed by atoms with Crippen molar-refractivity contribution in [2.24, 2.45) is 0 Å². The predicted molar refractivity (Wildman–Crippen MR) is 69.7 cm³/mol. The number of Topliss-reactive ketones (excluding diaryl/α,β-unsaturated/α-hetero) is 1. The molecule has 0 spiro atoms. The fraction of sp³-hybridized carbons (Fsp3) is 0.500. The van der Waals surface area contributed by atoms with Gasteiger partial charge in [0.1, 0.15) is 0 Å². The average molecular weight is 235 g/mol. The molecule has 0 aliphatic rings. The number of aryl methyl sites for hydroxylation is 2. The van der Waals surface area contributed by atoms with Gasteiger partial charge >= 0.3 is 0 Å². The number of nitrogens with one attached hydrogen (secondary N) is 1. The number of aliphatic hydroxyl groups is 1. The van der Waals surface area contributed by atoms with Crippen molar-refractivity contribution in [2.45, 2.75) is 27.7 Å². The quantitative estimate of drug-likeness (QED) is 0.603. The maximum atomic E-state index is 12.1. The number of carbonyl (C=O) groups is 1. The first-order valence-corrected chi connectivity index (χ1v) is 5.91. The minimum Gasteiger partial charge on any atom is -0.395 e. The Hall–Kier alpha value is -1.19. The first-order chi connectivity index (χ1) is 7.99. The van der Waals surface area contributed by atoms with Gasteiger partial charge in [-0.2, -0.15) is 0 Å². The zero-order valence-electron chi connectivity index (χ0n) is 11.1. The Labute approximate surface area is 103 Å². The number of aliphatic hydroxyl groups excluding tert-OH is 1. The number of hydrogen-bond donors (Lipinski definition) is 2. The molecule has 1 aromatic carbocycles. The first kappa shape index (κ1) is 13.9. The van der Waals surface area contributed by atoms with E-state index in [9.17, 15) is 4.79 Å². The summed E-state index contributed by atoms with van der Waals surface area (Å²) in [7, 11) is 0. The van der Waals surface area contributed by atoms with Crippen LogP contribution in [-0.2, 0) is 0 Å². The van der Waals surface area contributed by atoms with Gasteiger partial charge in [-0.3, -0.25) is 4.79 Å². The van der Waals surface area contributed by atoms with E-state index in [1.54, 1.807) is 0 Å². The molecule has 3 nitrogen and oxygen atoms in total. The van der Waals surface area contributed by atoms with Gasteiger partial charge in [0.25, 0.3) is 0 Å². The third kappa shape index (κ3) is 3.14. The van der Waals surface area contributed by atoms with Gasteiger partial charge in [-0.1, -0.05) is 6.07 Å². The molecule has 0 atom stereocenters. The summed E-state index contributed by atoms with van der Waals surface area (Å²) >= 11 is 0. The summed E-state index contributed by atoms with van der Waals surface area (Å²) < 4.78 is 0. The molecular weight excluding hydrogens is 214 g/mol. The van der Waals surface area contributed by atoms with Crippen LogP contribution in [0.2, 0.25) is 0 Å². The van der Waals surface area contributed by atoms with E-state index >= 15 is 0 Å². The largest absolute Gasteiger partial charge is 0.395 e. The summed E-state index contributed by atoms with van der Waals surface area (Å²) in [5.74, 6) is 0.0975. The molecule has 0 aliphatic carbocycles. The average Bonchev–Trinajstić information content (AvgIpc) is 2.27. The van der Waals surface area contributed by atoms with E-state index in [0.29, 0.717) is 6.54 Å². The fourth-order valence-corrected chi connectivity index (χ4v) is 2.00. The third-order valence-electron chi connectivity index (χ3n) is 3.22. The van der Waals surface area contributed by atoms with Crippen LogP contribution in [0.1, 0.15) is 32.6 Å². The van der Waals surface area contributed by atoms with Gasteiger partial charge in [-0.25, -0.2) is 0 Å². The van der Waals surface area contributed by atoms with Gasteiger partial charge in [0.2, 0.25) is 0 Å². The van der Waals surface area contributed by atoms with E-state index in [4.69, 9.17) is 5.11 Å². The van der Waals surface area contributed by atoms with Gasteiger partial charge in [-0.05, 0) is 49.9 Å². The van der Waals surface area contributed by atoms with Crippen LogP contribution in [0.5, 0.6) is 0 Å². The van der Waals surface area contributed by atoms with Crippen molar-refractivity contribution >= 4 is 5.78 Å². The molecule has 17 heavy (non-hydrogen) atoms. The van der Waals surface area contributed by atoms with Crippen LogP contribution in [-0.4, -0.2) is 30.6 Å². The lowest BCUT2D eigenvalue weighted by Crippen LogP contribution is -2.27. The van der Waals surface area contributed by atoms with Crippen molar-refractivity contribution < 1.29 is 9.90 Å². The Morgan fingerprint density at radius 1 is 1.18 bits per heavy atom. The monoisotopic (exact) mass is 235 g/mol. The second kappa shape index (κ2) is 5.94. The predicted octanol–water partition coefficient (Wildman–Crippen LogP) is 1.68. The molecule has 94 valence electrons. The molecule has 0 radical (unpaired) electrons. The van der Waals surface area contributed by atoms with Crippen molar-refractivity contribution in [1.82, 2.24) is 5.32 Å². The maximum absolute atomic E-state index is 12.1. The standard InChI is InChI=1S/C14H21NO2/c1-9-7-10(2)12(4)14(11(9)3)13(17)8-15-5-6-16/h7,15-16H,5-6,8H2,1-4H3. The van der Waals surface area contributed by atoms with Gasteiger partial charge in [-0.15, -0.1) is 0 Å². The van der Waals surface area contributed by atoms with Crippen LogP contribution in [0.15, 0.2) is 6.07 Å². The van der Waals surface area contributed by atoms with E-state index in [2.05, 4.69) is 11.4 Å². The second-order valence-electron chi connectivity index (χ2n) is 4.46. The number of carbonyl (C=O) groups excluding carboxylic acids is 1. The minimum atomic E-state index is 0.0537. The Balaban J connectivity index is 3.00. The highest BCUT2D eigenvalue weighted by Crippen LogP contribution is 2.21. The number of hydrogen-bond acceptors (Lipinski definition) is 3. The molecule has 0 saturated heterocycles. The molecule has 2 N–H and O–H groups in total. The summed E-state index contributed by atoms with van der Waals surface area (Å²) in [5.41, 5.74) is 5.25. The Morgan fingerprint density at radius 2 is 1.71 bits per heavy atom. The van der Waals surface area contributed by atoms with Gasteiger partial charge in [0.05, 0.1) is 13.2 Å². The number of rotatable bonds is 5. The van der Waals surface area contributed by atoms with Gasteiger partial charge < -0.3 is 10.4 Å². The Bertz CT molecular complexity index is 398. The van der Waals surface area contributed by atoms with E-state index in [-0.39, 0.29) is 18.9 Å². The molecule has 0 saturated carbocycles. The molecule has 1 aromatic rings. The van der Waals surface area contributed by atoms with Crippen molar-refractivity contribution in [2.75, 3.05) is 19.7 Å². The first-order valence-electron chi connectivity index (χ1n) is 5.91. The molecule has 0 aliphatic heterocycles. The summed E-state index contributed by atoms with van der Waals surface area (Å²) in [6, 6.07) is 2.11. The normalized spacial score (nSPS) is 10.6. The van der Waals surface area contributed by atoms with Crippen LogP contribution < -0.4 is 5.32 Å². The van der Waals surface area contributed by atoms with E-state index in [1.807, 2.05) is 27.7 Å². The van der Waals surface area contributed by atoms with E-state index in [1.165, 1.54) is 0 Å². The molecule has 3 heteroatoms. The van der Waals surface area contributed by atoms with Crippen LogP contribution >= 0.6 is 0 Å². The second-order valence-corrected chi connectivity index (χ2v) is 4.46. The smallest absolute Gasteiger partial charge is 0.177 e. The van der Waals surface area contributed by atoms with Crippen molar-refractivity contribution in [3.8, 4) is 0 Å². The van der Waals surface area contributed by atoms with Crippen LogP contribution in [0, 0.1) is 27.7 Å². The summed E-state index contributed by atoms with van der Waals surface area (Å²) in [4.78, 5) is 12.1. The van der Waals surface area contributed by atoms with Crippen LogP contribution in [0.3, 0.4) is 0 Å². The zero-order chi connectivity index (χ0) is 13.0. The molecule has 0 heterocycles. The lowest BCUT2D eigenvalue weighted by Gasteiger charge is -2.14. The molecule has 0 bridgehead atoms. The van der Waals surface area contributed by atoms with Crippen molar-refractivity contribution in [3.05, 3.63) is 33.9 Å². The van der Waals surface area contributed by atoms with Crippen molar-refractivity contribution in [1.29, 1.82) is 0 Å². The van der Waals surface area contributed by atoms with Gasteiger partial charge in [0.15, 0.2) is 5.78 Å². The highest BCUT2D eigenvalue weighted by molar-refractivity contribution is 6.00. The lowest BCUT2D eigenvalue weighted by atomic mass is 9.92. The van der Waals surface area contributed by atoms with Crippen LogP contribution in [0.4, 0.5) is 0 Å². The number of benzene rings is 1. The molecule has 1 rings (SSSR count). The molecule has 0 unspecified atom stereocenters. The maximum Gasteiger partial charge on any atom is 0.177 e. The van der Waals surface area contributed by atoms with Gasteiger partial charge in [0, 0.05) is 12.1 Å². The summed E-state index contributed by atoms with van der Waals surface area (Å²) in [6.45, 7) is 8.82. The third-order valence-corrected chi connectivity index (χ3v) is 3.22. The topological polar surface area (TPSA) is 49.3 Å². The Kier molecular flexibility index (Phi) is 4.85. The molecule has 0 amide bonds. The van der Waals surface area contributed by atoms with E-state index in [0.717, 1.165) is 27.8 Å². The SMILES string of the molecule is Cc1cc(C)c(C)c(C(=O)CNCCO)c1C. The highest BCUT2D eigenvalue weighted by Gasteiger charge is 2.14. The Morgan fingerprint density at radius 3 is 2.18 bits per heavy atom. The minimum absolute atomic E-state index is 0.0537.